The van der Waals surface area contributed by atoms with Crippen molar-refractivity contribution in [3.8, 4) is 6.07 Å². The van der Waals surface area contributed by atoms with Crippen LogP contribution in [0.5, 0.6) is 0 Å². The second-order valence-electron chi connectivity index (χ2n) is 5.90. The first-order valence-electron chi connectivity index (χ1n) is 7.46. The molecule has 2 fully saturated rings. The number of benzene rings is 1. The molecule has 1 aromatic carbocycles. The predicted octanol–water partition coefficient (Wildman–Crippen LogP) is 2.94. The van der Waals surface area contributed by atoms with E-state index in [9.17, 15) is 5.26 Å². The second kappa shape index (κ2) is 4.32. The topological polar surface area (TPSA) is 42.6 Å². The van der Waals surface area contributed by atoms with Crippen molar-refractivity contribution in [2.24, 2.45) is 11.0 Å². The summed E-state index contributed by atoms with van der Waals surface area (Å²) in [6.07, 6.45) is 5.48. The number of hydrazine groups is 1. The minimum atomic E-state index is -0.108. The molecule has 0 aromatic heterocycles. The lowest BCUT2D eigenvalue weighted by molar-refractivity contribution is 0.170. The third kappa shape index (κ3) is 1.41. The van der Waals surface area contributed by atoms with E-state index in [-0.39, 0.29) is 11.5 Å². The molecule has 1 aliphatic carbocycles. The van der Waals surface area contributed by atoms with E-state index in [0.29, 0.717) is 0 Å². The lowest BCUT2D eigenvalue weighted by atomic mass is 9.73. The molecule has 2 aliphatic heterocycles. The fourth-order valence-electron chi connectivity index (χ4n) is 4.07. The van der Waals surface area contributed by atoms with Crippen molar-refractivity contribution >= 4 is 11.4 Å². The van der Waals surface area contributed by atoms with Crippen molar-refractivity contribution in [2.45, 2.75) is 37.6 Å². The Bertz CT molecular complexity index is 588. The maximum absolute atomic E-state index is 9.55. The van der Waals surface area contributed by atoms with Gasteiger partial charge in [0.05, 0.1) is 28.9 Å². The number of hydrogen-bond donors (Lipinski definition) is 0. The van der Waals surface area contributed by atoms with Gasteiger partial charge in [0.1, 0.15) is 0 Å². The van der Waals surface area contributed by atoms with Crippen LogP contribution in [0, 0.1) is 17.2 Å². The van der Waals surface area contributed by atoms with Crippen molar-refractivity contribution in [3.05, 3.63) is 30.3 Å². The first-order valence-corrected chi connectivity index (χ1v) is 7.46. The molecule has 2 heterocycles. The molecule has 4 rings (SSSR count). The molecule has 1 saturated heterocycles. The zero-order chi connectivity index (χ0) is 13.6. The summed E-state index contributed by atoms with van der Waals surface area (Å²) in [4.78, 5) is 0. The Kier molecular flexibility index (Phi) is 2.58. The Labute approximate surface area is 119 Å². The molecular weight excluding hydrogens is 248 g/mol. The van der Waals surface area contributed by atoms with Crippen LogP contribution < -0.4 is 5.12 Å². The maximum atomic E-state index is 9.55. The molecule has 102 valence electrons. The Hall–Kier alpha value is -1.86. The second-order valence-corrected chi connectivity index (χ2v) is 5.90. The zero-order valence-corrected chi connectivity index (χ0v) is 11.5. The van der Waals surface area contributed by atoms with Crippen LogP contribution >= 0.6 is 0 Å². The van der Waals surface area contributed by atoms with Crippen molar-refractivity contribution in [1.29, 1.82) is 5.26 Å². The molecule has 2 atom stereocenters. The van der Waals surface area contributed by atoms with Crippen LogP contribution in [0.1, 0.15) is 32.1 Å². The predicted molar refractivity (Wildman–Crippen MR) is 78.0 cm³/mol. The highest BCUT2D eigenvalue weighted by Gasteiger charge is 2.59. The van der Waals surface area contributed by atoms with Gasteiger partial charge < -0.3 is 0 Å². The molecule has 20 heavy (non-hydrogen) atoms. The molecule has 4 nitrogen and oxygen atoms in total. The highest BCUT2D eigenvalue weighted by molar-refractivity contribution is 5.98. The first kappa shape index (κ1) is 11.9. The molecule has 3 aliphatic rings. The van der Waals surface area contributed by atoms with E-state index in [1.54, 1.807) is 0 Å². The lowest BCUT2D eigenvalue weighted by Crippen LogP contribution is -2.54. The SMILES string of the molecule is N#C[C@@H]1CCN2N(c3ccccc3)N=C3CCCC[C@]312. The number of anilines is 1. The van der Waals surface area contributed by atoms with E-state index >= 15 is 0 Å². The number of rotatable bonds is 1. The Morgan fingerprint density at radius 2 is 2.10 bits per heavy atom. The Morgan fingerprint density at radius 3 is 2.90 bits per heavy atom. The molecule has 1 saturated carbocycles. The summed E-state index contributed by atoms with van der Waals surface area (Å²) >= 11 is 0. The zero-order valence-electron chi connectivity index (χ0n) is 11.5. The van der Waals surface area contributed by atoms with Gasteiger partial charge in [0.15, 0.2) is 0 Å². The quantitative estimate of drug-likeness (QED) is 0.785. The van der Waals surface area contributed by atoms with E-state index in [2.05, 4.69) is 28.3 Å². The molecule has 0 radical (unpaired) electrons. The first-order chi connectivity index (χ1) is 9.86. The third-order valence-corrected chi connectivity index (χ3v) is 4.97. The van der Waals surface area contributed by atoms with Gasteiger partial charge in [-0.15, -0.1) is 0 Å². The Morgan fingerprint density at radius 1 is 1.25 bits per heavy atom. The molecule has 1 spiro atoms. The minimum Gasteiger partial charge on any atom is -0.198 e. The summed E-state index contributed by atoms with van der Waals surface area (Å²) in [5.74, 6) is 0.0928. The van der Waals surface area contributed by atoms with Crippen molar-refractivity contribution in [1.82, 2.24) is 5.01 Å². The smallest absolute Gasteiger partial charge is 0.0979 e. The number of para-hydroxylation sites is 1. The third-order valence-electron chi connectivity index (χ3n) is 4.97. The molecule has 4 heteroatoms. The van der Waals surface area contributed by atoms with Crippen LogP contribution in [-0.2, 0) is 0 Å². The van der Waals surface area contributed by atoms with E-state index in [1.165, 1.54) is 18.6 Å². The van der Waals surface area contributed by atoms with Gasteiger partial charge in [-0.1, -0.05) is 24.6 Å². The summed E-state index contributed by atoms with van der Waals surface area (Å²) in [5, 5.41) is 18.8. The van der Waals surface area contributed by atoms with E-state index < -0.39 is 0 Å². The molecule has 0 bridgehead atoms. The van der Waals surface area contributed by atoms with Crippen LogP contribution in [0.2, 0.25) is 0 Å². The van der Waals surface area contributed by atoms with Crippen molar-refractivity contribution in [3.63, 3.8) is 0 Å². The summed E-state index contributed by atoms with van der Waals surface area (Å²) < 4.78 is 0. The lowest BCUT2D eigenvalue weighted by Gasteiger charge is -2.40. The Balaban J connectivity index is 1.80. The van der Waals surface area contributed by atoms with Gasteiger partial charge in [-0.05, 0) is 37.8 Å². The fourth-order valence-corrected chi connectivity index (χ4v) is 4.07. The summed E-state index contributed by atoms with van der Waals surface area (Å²) in [6, 6.07) is 12.8. The van der Waals surface area contributed by atoms with Gasteiger partial charge in [0.25, 0.3) is 0 Å². The molecule has 1 aromatic rings. The van der Waals surface area contributed by atoms with Crippen LogP contribution in [-0.4, -0.2) is 22.8 Å². The number of nitriles is 1. The maximum Gasteiger partial charge on any atom is 0.0979 e. The van der Waals surface area contributed by atoms with Gasteiger partial charge in [0, 0.05) is 6.54 Å². The normalized spacial score (nSPS) is 32.5. The molecule has 0 N–H and O–H groups in total. The highest BCUT2D eigenvalue weighted by atomic mass is 15.8. The van der Waals surface area contributed by atoms with Gasteiger partial charge in [-0.3, -0.25) is 0 Å². The molecule has 0 unspecified atom stereocenters. The van der Waals surface area contributed by atoms with Gasteiger partial charge in [-0.25, -0.2) is 0 Å². The fraction of sp³-hybridized carbons (Fsp3) is 0.500. The van der Waals surface area contributed by atoms with Crippen molar-refractivity contribution < 1.29 is 0 Å². The van der Waals surface area contributed by atoms with Crippen LogP contribution in [0.25, 0.3) is 0 Å². The average Bonchev–Trinajstić information content (AvgIpc) is 3.01. The average molecular weight is 266 g/mol. The number of hydrazone groups is 1. The molecular formula is C16H18N4. The summed E-state index contributed by atoms with van der Waals surface area (Å²) in [5.41, 5.74) is 2.23. The van der Waals surface area contributed by atoms with E-state index in [1.807, 2.05) is 18.2 Å². The van der Waals surface area contributed by atoms with Crippen molar-refractivity contribution in [2.75, 3.05) is 11.7 Å². The van der Waals surface area contributed by atoms with E-state index in [4.69, 9.17) is 5.10 Å². The van der Waals surface area contributed by atoms with E-state index in [0.717, 1.165) is 31.5 Å². The van der Waals surface area contributed by atoms with Gasteiger partial charge in [-0.2, -0.15) is 20.5 Å². The van der Waals surface area contributed by atoms with Crippen LogP contribution in [0.4, 0.5) is 5.69 Å². The number of hydrogen-bond acceptors (Lipinski definition) is 4. The molecule has 0 amide bonds. The largest absolute Gasteiger partial charge is 0.198 e. The minimum absolute atomic E-state index is 0.0928. The van der Waals surface area contributed by atoms with Gasteiger partial charge >= 0.3 is 0 Å². The summed E-state index contributed by atoms with van der Waals surface area (Å²) in [7, 11) is 0. The van der Waals surface area contributed by atoms with Crippen LogP contribution in [0.15, 0.2) is 35.4 Å². The van der Waals surface area contributed by atoms with Crippen LogP contribution in [0.3, 0.4) is 0 Å². The highest BCUT2D eigenvalue weighted by Crippen LogP contribution is 2.49. The standard InChI is InChI=1S/C16H18N4/c17-12-13-9-11-19-16(13)10-5-4-8-15(16)18-20(19)14-6-2-1-3-7-14/h1-3,6-7,13H,4-5,8-11H2/t13-,16+/m0/s1. The number of nitrogens with zero attached hydrogens (tertiary/aromatic N) is 4. The van der Waals surface area contributed by atoms with Gasteiger partial charge in [0.2, 0.25) is 0 Å². The monoisotopic (exact) mass is 266 g/mol. The summed E-state index contributed by atoms with van der Waals surface area (Å²) in [6.45, 7) is 0.931.